The SMILES string of the molecule is CCC(C)(C)c1nc(N)nc(Cl)n1. The molecular formula is C8H13ClN4. The molecule has 0 aliphatic rings. The van der Waals surface area contributed by atoms with Crippen molar-refractivity contribution in [1.29, 1.82) is 0 Å². The van der Waals surface area contributed by atoms with Crippen LogP contribution in [0.3, 0.4) is 0 Å². The molecule has 2 N–H and O–H groups in total. The third-order valence-electron chi connectivity index (χ3n) is 2.11. The Morgan fingerprint density at radius 2 is 1.92 bits per heavy atom. The fourth-order valence-electron chi connectivity index (χ4n) is 0.826. The van der Waals surface area contributed by atoms with Gasteiger partial charge in [0.25, 0.3) is 0 Å². The zero-order valence-corrected chi connectivity index (χ0v) is 8.76. The molecule has 0 atom stereocenters. The first-order chi connectivity index (χ1) is 5.95. The fourth-order valence-corrected chi connectivity index (χ4v) is 0.993. The molecule has 4 nitrogen and oxygen atoms in total. The van der Waals surface area contributed by atoms with E-state index in [1.54, 1.807) is 0 Å². The van der Waals surface area contributed by atoms with Crippen molar-refractivity contribution in [2.75, 3.05) is 5.73 Å². The molecule has 0 amide bonds. The van der Waals surface area contributed by atoms with E-state index in [4.69, 9.17) is 17.3 Å². The summed E-state index contributed by atoms with van der Waals surface area (Å²) in [5.41, 5.74) is 5.35. The van der Waals surface area contributed by atoms with Gasteiger partial charge < -0.3 is 5.73 Å². The van der Waals surface area contributed by atoms with Gasteiger partial charge >= 0.3 is 0 Å². The average molecular weight is 201 g/mol. The molecule has 0 aliphatic carbocycles. The van der Waals surface area contributed by atoms with Crippen molar-refractivity contribution >= 4 is 17.5 Å². The molecule has 1 heterocycles. The molecule has 0 radical (unpaired) electrons. The molecule has 0 spiro atoms. The summed E-state index contributed by atoms with van der Waals surface area (Å²) in [5, 5.41) is 0.157. The quantitative estimate of drug-likeness (QED) is 0.791. The molecule has 0 saturated carbocycles. The van der Waals surface area contributed by atoms with Crippen LogP contribution in [-0.4, -0.2) is 15.0 Å². The first kappa shape index (κ1) is 10.2. The van der Waals surface area contributed by atoms with Gasteiger partial charge in [0.2, 0.25) is 11.2 Å². The van der Waals surface area contributed by atoms with Crippen LogP contribution in [0, 0.1) is 0 Å². The summed E-state index contributed by atoms with van der Waals surface area (Å²) in [7, 11) is 0. The van der Waals surface area contributed by atoms with E-state index in [0.717, 1.165) is 6.42 Å². The third-order valence-corrected chi connectivity index (χ3v) is 2.28. The number of anilines is 1. The number of nitrogen functional groups attached to an aromatic ring is 1. The smallest absolute Gasteiger partial charge is 0.227 e. The highest BCUT2D eigenvalue weighted by molar-refractivity contribution is 6.28. The van der Waals surface area contributed by atoms with E-state index in [-0.39, 0.29) is 16.6 Å². The maximum Gasteiger partial charge on any atom is 0.227 e. The van der Waals surface area contributed by atoms with E-state index in [9.17, 15) is 0 Å². The van der Waals surface area contributed by atoms with Gasteiger partial charge in [-0.15, -0.1) is 0 Å². The van der Waals surface area contributed by atoms with Crippen LogP contribution in [0.25, 0.3) is 0 Å². The Bertz CT molecular complexity index is 291. The van der Waals surface area contributed by atoms with Gasteiger partial charge in [-0.25, -0.2) is 4.98 Å². The van der Waals surface area contributed by atoms with Gasteiger partial charge in [-0.2, -0.15) is 9.97 Å². The van der Waals surface area contributed by atoms with Gasteiger partial charge in [0.05, 0.1) is 0 Å². The number of hydrogen-bond acceptors (Lipinski definition) is 4. The molecule has 1 aromatic heterocycles. The van der Waals surface area contributed by atoms with Crippen molar-refractivity contribution in [2.24, 2.45) is 0 Å². The minimum Gasteiger partial charge on any atom is -0.368 e. The molecule has 0 saturated heterocycles. The molecule has 0 bridgehead atoms. The van der Waals surface area contributed by atoms with Crippen LogP contribution >= 0.6 is 11.6 Å². The molecule has 0 aromatic carbocycles. The number of nitrogens with zero attached hydrogens (tertiary/aromatic N) is 3. The number of halogens is 1. The molecule has 72 valence electrons. The van der Waals surface area contributed by atoms with Crippen molar-refractivity contribution in [3.8, 4) is 0 Å². The van der Waals surface area contributed by atoms with Crippen LogP contribution in [0.15, 0.2) is 0 Å². The van der Waals surface area contributed by atoms with Crippen LogP contribution in [0.1, 0.15) is 33.0 Å². The number of hydrogen-bond donors (Lipinski definition) is 1. The molecule has 0 aliphatic heterocycles. The average Bonchev–Trinajstić information content (AvgIpc) is 2.02. The molecular weight excluding hydrogens is 188 g/mol. The Kier molecular flexibility index (Phi) is 2.71. The monoisotopic (exact) mass is 200 g/mol. The minimum absolute atomic E-state index is 0.110. The van der Waals surface area contributed by atoms with Crippen LogP contribution in [0.5, 0.6) is 0 Å². The normalized spacial score (nSPS) is 11.7. The zero-order chi connectivity index (χ0) is 10.1. The largest absolute Gasteiger partial charge is 0.368 e. The Balaban J connectivity index is 3.15. The Hall–Kier alpha value is -0.900. The molecule has 1 aromatic rings. The Morgan fingerprint density at radius 1 is 1.31 bits per heavy atom. The lowest BCUT2D eigenvalue weighted by Crippen LogP contribution is -2.21. The lowest BCUT2D eigenvalue weighted by molar-refractivity contribution is 0.471. The molecule has 13 heavy (non-hydrogen) atoms. The van der Waals surface area contributed by atoms with Crippen LogP contribution < -0.4 is 5.73 Å². The number of aromatic nitrogens is 3. The summed E-state index contributed by atoms with van der Waals surface area (Å²) in [6.07, 6.45) is 0.923. The van der Waals surface area contributed by atoms with Crippen molar-refractivity contribution in [2.45, 2.75) is 32.6 Å². The van der Waals surface area contributed by atoms with Gasteiger partial charge in [0.15, 0.2) is 0 Å². The summed E-state index contributed by atoms with van der Waals surface area (Å²) >= 11 is 5.67. The van der Waals surface area contributed by atoms with Crippen LogP contribution in [0.2, 0.25) is 5.28 Å². The molecule has 1 rings (SSSR count). The van der Waals surface area contributed by atoms with Crippen LogP contribution in [0.4, 0.5) is 5.95 Å². The van der Waals surface area contributed by atoms with E-state index >= 15 is 0 Å². The molecule has 0 unspecified atom stereocenters. The second-order valence-electron chi connectivity index (χ2n) is 3.52. The lowest BCUT2D eigenvalue weighted by atomic mass is 9.89. The first-order valence-corrected chi connectivity index (χ1v) is 4.51. The predicted molar refractivity (Wildman–Crippen MR) is 52.6 cm³/mol. The standard InChI is InChI=1S/C8H13ClN4/c1-4-8(2,3)5-11-6(9)13-7(10)12-5/h4H2,1-3H3,(H2,10,11,12,13). The first-order valence-electron chi connectivity index (χ1n) is 4.13. The highest BCUT2D eigenvalue weighted by Crippen LogP contribution is 2.24. The topological polar surface area (TPSA) is 64.7 Å². The van der Waals surface area contributed by atoms with Crippen LogP contribution in [-0.2, 0) is 5.41 Å². The summed E-state index contributed by atoms with van der Waals surface area (Å²) in [6.45, 7) is 6.14. The second kappa shape index (κ2) is 3.46. The second-order valence-corrected chi connectivity index (χ2v) is 3.86. The minimum atomic E-state index is -0.110. The number of nitrogens with two attached hydrogens (primary N) is 1. The van der Waals surface area contributed by atoms with Crippen molar-refractivity contribution < 1.29 is 0 Å². The highest BCUT2D eigenvalue weighted by atomic mass is 35.5. The summed E-state index contributed by atoms with van der Waals surface area (Å²) in [5.74, 6) is 0.823. The van der Waals surface area contributed by atoms with E-state index in [0.29, 0.717) is 5.82 Å². The van der Waals surface area contributed by atoms with Gasteiger partial charge in [0, 0.05) is 5.41 Å². The van der Waals surface area contributed by atoms with E-state index in [1.807, 2.05) is 13.8 Å². The predicted octanol–water partition coefficient (Wildman–Crippen LogP) is 1.79. The lowest BCUT2D eigenvalue weighted by Gasteiger charge is -2.20. The number of rotatable bonds is 2. The van der Waals surface area contributed by atoms with E-state index in [1.165, 1.54) is 0 Å². The zero-order valence-electron chi connectivity index (χ0n) is 8.00. The van der Waals surface area contributed by atoms with Gasteiger partial charge in [-0.05, 0) is 18.0 Å². The summed E-state index contributed by atoms with van der Waals surface area (Å²) in [4.78, 5) is 11.8. The van der Waals surface area contributed by atoms with Crippen molar-refractivity contribution in [1.82, 2.24) is 15.0 Å². The maximum atomic E-state index is 5.67. The highest BCUT2D eigenvalue weighted by Gasteiger charge is 2.22. The van der Waals surface area contributed by atoms with Crippen molar-refractivity contribution in [3.63, 3.8) is 0 Å². The van der Waals surface area contributed by atoms with E-state index < -0.39 is 0 Å². The van der Waals surface area contributed by atoms with Gasteiger partial charge in [-0.1, -0.05) is 20.8 Å². The van der Waals surface area contributed by atoms with Crippen molar-refractivity contribution in [3.05, 3.63) is 11.1 Å². The van der Waals surface area contributed by atoms with Gasteiger partial charge in [-0.3, -0.25) is 0 Å². The Morgan fingerprint density at radius 3 is 2.38 bits per heavy atom. The fraction of sp³-hybridized carbons (Fsp3) is 0.625. The molecule has 5 heteroatoms. The summed E-state index contributed by atoms with van der Waals surface area (Å²) in [6, 6.07) is 0. The Labute approximate surface area is 82.6 Å². The maximum absolute atomic E-state index is 5.67. The van der Waals surface area contributed by atoms with Gasteiger partial charge in [0.1, 0.15) is 5.82 Å². The van der Waals surface area contributed by atoms with E-state index in [2.05, 4.69) is 21.9 Å². The third kappa shape index (κ3) is 2.28. The molecule has 0 fully saturated rings. The summed E-state index contributed by atoms with van der Waals surface area (Å²) < 4.78 is 0.